The third kappa shape index (κ3) is 2.89. The molecular weight excluding hydrogens is 494 g/mol. The lowest BCUT2D eigenvalue weighted by atomic mass is 9.69. The van der Waals surface area contributed by atoms with Gasteiger partial charge in [0.05, 0.1) is 5.41 Å². The molecule has 9 rings (SSSR count). The van der Waals surface area contributed by atoms with Gasteiger partial charge in [-0.1, -0.05) is 127 Å². The second kappa shape index (κ2) is 8.27. The third-order valence-corrected chi connectivity index (χ3v) is 9.45. The van der Waals surface area contributed by atoms with Gasteiger partial charge >= 0.3 is 0 Å². The highest BCUT2D eigenvalue weighted by Crippen LogP contribution is 2.65. The molecule has 2 aliphatic carbocycles. The summed E-state index contributed by atoms with van der Waals surface area (Å²) in [5, 5.41) is 5.18. The lowest BCUT2D eigenvalue weighted by Gasteiger charge is -2.31. The van der Waals surface area contributed by atoms with E-state index in [1.165, 1.54) is 77.2 Å². The molecule has 7 aromatic rings. The second-order valence-electron chi connectivity index (χ2n) is 11.4. The largest absolute Gasteiger partial charge is 0.326 e. The first-order chi connectivity index (χ1) is 20.3. The van der Waals surface area contributed by atoms with E-state index in [2.05, 4.69) is 140 Å². The molecule has 0 heterocycles. The van der Waals surface area contributed by atoms with E-state index in [-0.39, 0.29) is 5.41 Å². The molecule has 1 spiro atoms. The van der Waals surface area contributed by atoms with Crippen LogP contribution in [0.2, 0.25) is 0 Å². The monoisotopic (exact) mass is 521 g/mol. The van der Waals surface area contributed by atoms with Crippen LogP contribution >= 0.6 is 0 Å². The molecule has 7 aromatic carbocycles. The molecule has 0 aliphatic heterocycles. The summed E-state index contributed by atoms with van der Waals surface area (Å²) in [6.45, 7) is 0.544. The minimum atomic E-state index is -0.373. The second-order valence-corrected chi connectivity index (χ2v) is 11.4. The zero-order chi connectivity index (χ0) is 27.1. The van der Waals surface area contributed by atoms with Gasteiger partial charge in [0.25, 0.3) is 0 Å². The summed E-state index contributed by atoms with van der Waals surface area (Å²) in [5.74, 6) is 0. The van der Waals surface area contributed by atoms with E-state index < -0.39 is 0 Å². The molecule has 41 heavy (non-hydrogen) atoms. The lowest BCUT2D eigenvalue weighted by molar-refractivity contribution is 0.802. The molecule has 1 heteroatoms. The molecule has 0 unspecified atom stereocenters. The summed E-state index contributed by atoms with van der Waals surface area (Å²) in [7, 11) is 0. The highest BCUT2D eigenvalue weighted by Gasteiger charge is 2.52. The fourth-order valence-corrected chi connectivity index (χ4v) is 7.80. The van der Waals surface area contributed by atoms with Crippen molar-refractivity contribution in [1.82, 2.24) is 0 Å². The Hall–Kier alpha value is -4.98. The zero-order valence-corrected chi connectivity index (χ0v) is 22.6. The van der Waals surface area contributed by atoms with Crippen molar-refractivity contribution in [1.29, 1.82) is 0 Å². The summed E-state index contributed by atoms with van der Waals surface area (Å²) in [5.41, 5.74) is 20.1. The Balaban J connectivity index is 1.43. The Labute approximate surface area is 239 Å². The van der Waals surface area contributed by atoms with Crippen molar-refractivity contribution < 1.29 is 0 Å². The van der Waals surface area contributed by atoms with Gasteiger partial charge in [-0.15, -0.1) is 0 Å². The van der Waals surface area contributed by atoms with Crippen molar-refractivity contribution in [2.45, 2.75) is 12.0 Å². The molecule has 0 saturated heterocycles. The average molecular weight is 522 g/mol. The molecule has 0 atom stereocenters. The summed E-state index contributed by atoms with van der Waals surface area (Å²) in [6.07, 6.45) is 0. The van der Waals surface area contributed by atoms with Gasteiger partial charge in [0.1, 0.15) is 0 Å². The van der Waals surface area contributed by atoms with Gasteiger partial charge in [0, 0.05) is 6.54 Å². The molecule has 192 valence electrons. The standard InChI is InChI=1S/C40H27N/c41-24-25-8-7-10-27(22-25)28-16-19-31-29(23-28)17-20-34-38-30-11-2-1-9-26(30)18-21-37(38)40(39(31)34)35-14-5-3-12-32(35)33-13-4-6-15-36(33)40/h1-23H,24,41H2. The van der Waals surface area contributed by atoms with Crippen LogP contribution in [0.4, 0.5) is 0 Å². The van der Waals surface area contributed by atoms with Gasteiger partial charge in [0.15, 0.2) is 0 Å². The fourth-order valence-electron chi connectivity index (χ4n) is 7.80. The SMILES string of the molecule is NCc1cccc(-c2ccc3c4c(ccc3c2)-c2c(ccc3ccccc23)C42c3ccccc3-c3ccccc32)c1. The van der Waals surface area contributed by atoms with Crippen LogP contribution in [0.3, 0.4) is 0 Å². The molecule has 0 saturated carbocycles. The number of hydrogen-bond donors (Lipinski definition) is 1. The first-order valence-electron chi connectivity index (χ1n) is 14.4. The quantitative estimate of drug-likeness (QED) is 0.241. The Morgan fingerprint density at radius 2 is 1.17 bits per heavy atom. The maximum absolute atomic E-state index is 5.97. The van der Waals surface area contributed by atoms with E-state index >= 15 is 0 Å². The summed E-state index contributed by atoms with van der Waals surface area (Å²) >= 11 is 0. The maximum Gasteiger partial charge on any atom is 0.0731 e. The number of rotatable bonds is 2. The van der Waals surface area contributed by atoms with Gasteiger partial charge in [-0.25, -0.2) is 0 Å². The van der Waals surface area contributed by atoms with Crippen LogP contribution in [-0.2, 0) is 12.0 Å². The molecule has 0 aromatic heterocycles. The van der Waals surface area contributed by atoms with Crippen molar-refractivity contribution in [3.63, 3.8) is 0 Å². The van der Waals surface area contributed by atoms with Crippen LogP contribution in [0.25, 0.3) is 54.9 Å². The molecular formula is C40H27N. The van der Waals surface area contributed by atoms with E-state index in [1.54, 1.807) is 0 Å². The van der Waals surface area contributed by atoms with Crippen molar-refractivity contribution in [2.75, 3.05) is 0 Å². The number of hydrogen-bond acceptors (Lipinski definition) is 1. The number of nitrogens with two attached hydrogens (primary N) is 1. The van der Waals surface area contributed by atoms with Crippen molar-refractivity contribution >= 4 is 21.5 Å². The Kier molecular flexibility index (Phi) is 4.60. The van der Waals surface area contributed by atoms with Crippen LogP contribution in [0.5, 0.6) is 0 Å². The molecule has 0 amide bonds. The predicted octanol–water partition coefficient (Wildman–Crippen LogP) is 9.46. The van der Waals surface area contributed by atoms with Crippen LogP contribution in [0, 0.1) is 0 Å². The zero-order valence-electron chi connectivity index (χ0n) is 22.6. The summed E-state index contributed by atoms with van der Waals surface area (Å²) in [4.78, 5) is 0. The predicted molar refractivity (Wildman–Crippen MR) is 171 cm³/mol. The molecule has 2 N–H and O–H groups in total. The van der Waals surface area contributed by atoms with Gasteiger partial charge in [-0.2, -0.15) is 0 Å². The van der Waals surface area contributed by atoms with Gasteiger partial charge in [-0.05, 0) is 94.9 Å². The minimum Gasteiger partial charge on any atom is -0.326 e. The molecule has 1 nitrogen and oxygen atoms in total. The smallest absolute Gasteiger partial charge is 0.0731 e. The maximum atomic E-state index is 5.97. The van der Waals surface area contributed by atoms with Crippen LogP contribution in [0.1, 0.15) is 27.8 Å². The first kappa shape index (κ1) is 22.8. The highest BCUT2D eigenvalue weighted by molar-refractivity contribution is 6.11. The summed E-state index contributed by atoms with van der Waals surface area (Å²) in [6, 6.07) is 51.9. The van der Waals surface area contributed by atoms with Crippen LogP contribution in [0.15, 0.2) is 140 Å². The topological polar surface area (TPSA) is 26.0 Å². The Morgan fingerprint density at radius 3 is 1.98 bits per heavy atom. The van der Waals surface area contributed by atoms with E-state index in [0.717, 1.165) is 5.56 Å². The van der Waals surface area contributed by atoms with Crippen molar-refractivity contribution in [3.8, 4) is 33.4 Å². The number of benzene rings is 7. The highest BCUT2D eigenvalue weighted by atomic mass is 14.5. The molecule has 0 radical (unpaired) electrons. The Morgan fingerprint density at radius 1 is 0.463 bits per heavy atom. The lowest BCUT2D eigenvalue weighted by Crippen LogP contribution is -2.26. The van der Waals surface area contributed by atoms with Gasteiger partial charge in [-0.3, -0.25) is 0 Å². The van der Waals surface area contributed by atoms with E-state index in [4.69, 9.17) is 5.73 Å². The fraction of sp³-hybridized carbons (Fsp3) is 0.0500. The van der Waals surface area contributed by atoms with E-state index in [0.29, 0.717) is 6.54 Å². The first-order valence-corrected chi connectivity index (χ1v) is 14.4. The minimum absolute atomic E-state index is 0.373. The van der Waals surface area contributed by atoms with E-state index in [1.807, 2.05) is 0 Å². The van der Waals surface area contributed by atoms with Crippen molar-refractivity contribution in [2.24, 2.45) is 5.73 Å². The molecule has 0 bridgehead atoms. The molecule has 0 fully saturated rings. The summed E-state index contributed by atoms with van der Waals surface area (Å²) < 4.78 is 0. The normalized spacial score (nSPS) is 13.8. The van der Waals surface area contributed by atoms with E-state index in [9.17, 15) is 0 Å². The molecule has 2 aliphatic rings. The van der Waals surface area contributed by atoms with Crippen molar-refractivity contribution in [3.05, 3.63) is 167 Å². The average Bonchev–Trinajstić information content (AvgIpc) is 3.52. The van der Waals surface area contributed by atoms with Gasteiger partial charge in [0.2, 0.25) is 0 Å². The number of fused-ring (bicyclic) bond motifs is 14. The third-order valence-electron chi connectivity index (χ3n) is 9.45. The van der Waals surface area contributed by atoms with Crippen LogP contribution in [-0.4, -0.2) is 0 Å². The van der Waals surface area contributed by atoms with Crippen LogP contribution < -0.4 is 5.73 Å². The van der Waals surface area contributed by atoms with Gasteiger partial charge < -0.3 is 5.73 Å². The Bertz CT molecular complexity index is 2160.